The maximum atomic E-state index is 13.9. The molecule has 2 aromatic rings. The van der Waals surface area contributed by atoms with Crippen molar-refractivity contribution in [3.05, 3.63) is 35.8 Å². The molecule has 0 spiro atoms. The van der Waals surface area contributed by atoms with Gasteiger partial charge in [-0.3, -0.25) is 14.6 Å². The first kappa shape index (κ1) is 19.9. The quantitative estimate of drug-likeness (QED) is 0.777. The highest BCUT2D eigenvalue weighted by molar-refractivity contribution is 5.97. The molecule has 9 heteroatoms. The maximum absolute atomic E-state index is 13.9. The molecule has 0 atom stereocenters. The monoisotopic (exact) mass is 396 g/mol. The van der Waals surface area contributed by atoms with Crippen molar-refractivity contribution in [3.63, 3.8) is 0 Å². The molecule has 1 aliphatic carbocycles. The lowest BCUT2D eigenvalue weighted by atomic mass is 9.84. The third kappa shape index (κ3) is 4.90. The zero-order valence-corrected chi connectivity index (χ0v) is 14.8. The van der Waals surface area contributed by atoms with Crippen molar-refractivity contribution in [3.8, 4) is 5.75 Å². The van der Waals surface area contributed by atoms with Gasteiger partial charge in [-0.1, -0.05) is 0 Å². The molecule has 1 heterocycles. The number of nitrogens with one attached hydrogen (secondary N) is 1. The molecule has 1 amide bonds. The van der Waals surface area contributed by atoms with Crippen molar-refractivity contribution in [1.29, 1.82) is 0 Å². The number of carbonyl (C=O) groups is 2. The minimum atomic E-state index is -3.15. The van der Waals surface area contributed by atoms with E-state index >= 15 is 0 Å². The standard InChI is InChI=1S/C19H19F3N2O4/c20-14-7-11-6-12(9-23-15(11)8-16(14)28-19(21)22)18(27)24-13-3-1-10(2-4-13)5-17(25)26/h6-10,13,19H,1-5H2,(H,24,27)(H,25,26). The fraction of sp³-hybridized carbons (Fsp3) is 0.421. The lowest BCUT2D eigenvalue weighted by Gasteiger charge is -2.28. The predicted octanol–water partition coefficient (Wildman–Crippen LogP) is 3.74. The van der Waals surface area contributed by atoms with Gasteiger partial charge in [-0.2, -0.15) is 8.78 Å². The number of hydrogen-bond donors (Lipinski definition) is 2. The van der Waals surface area contributed by atoms with Gasteiger partial charge < -0.3 is 15.2 Å². The van der Waals surface area contributed by atoms with Crippen LogP contribution in [-0.2, 0) is 4.79 Å². The first-order valence-corrected chi connectivity index (χ1v) is 8.88. The Morgan fingerprint density at radius 1 is 1.21 bits per heavy atom. The highest BCUT2D eigenvalue weighted by Crippen LogP contribution is 2.28. The number of benzene rings is 1. The smallest absolute Gasteiger partial charge is 0.387 e. The van der Waals surface area contributed by atoms with E-state index in [1.807, 2.05) is 0 Å². The van der Waals surface area contributed by atoms with Gasteiger partial charge in [-0.25, -0.2) is 4.39 Å². The topological polar surface area (TPSA) is 88.5 Å². The number of alkyl halides is 2. The average molecular weight is 396 g/mol. The van der Waals surface area contributed by atoms with Crippen LogP contribution in [0.1, 0.15) is 42.5 Å². The molecule has 1 aromatic heterocycles. The van der Waals surface area contributed by atoms with Crippen LogP contribution in [0.15, 0.2) is 24.4 Å². The summed E-state index contributed by atoms with van der Waals surface area (Å²) in [7, 11) is 0. The average Bonchev–Trinajstić information content (AvgIpc) is 2.62. The molecular formula is C19H19F3N2O4. The molecule has 0 bridgehead atoms. The Bertz CT molecular complexity index is 883. The van der Waals surface area contributed by atoms with Crippen molar-refractivity contribution in [2.45, 2.75) is 44.8 Å². The number of carbonyl (C=O) groups excluding carboxylic acids is 1. The second kappa shape index (κ2) is 8.45. The van der Waals surface area contributed by atoms with Crippen LogP contribution in [0.25, 0.3) is 10.9 Å². The van der Waals surface area contributed by atoms with E-state index in [1.165, 1.54) is 12.3 Å². The summed E-state index contributed by atoms with van der Waals surface area (Å²) in [6, 6.07) is 3.42. The third-order valence-corrected chi connectivity index (χ3v) is 4.86. The predicted molar refractivity (Wildman–Crippen MR) is 93.8 cm³/mol. The SMILES string of the molecule is O=C(O)CC1CCC(NC(=O)c2cnc3cc(OC(F)F)c(F)cc3c2)CC1. The number of pyridine rings is 1. The van der Waals surface area contributed by atoms with E-state index in [0.29, 0.717) is 12.8 Å². The van der Waals surface area contributed by atoms with Gasteiger partial charge in [0.1, 0.15) is 0 Å². The summed E-state index contributed by atoms with van der Waals surface area (Å²) < 4.78 is 42.6. The van der Waals surface area contributed by atoms with Crippen molar-refractivity contribution in [1.82, 2.24) is 10.3 Å². The molecule has 1 aliphatic rings. The van der Waals surface area contributed by atoms with E-state index in [-0.39, 0.29) is 40.8 Å². The van der Waals surface area contributed by atoms with E-state index < -0.39 is 24.1 Å². The zero-order valence-electron chi connectivity index (χ0n) is 14.8. The summed E-state index contributed by atoms with van der Waals surface area (Å²) in [5, 5.41) is 12.0. The van der Waals surface area contributed by atoms with Gasteiger partial charge in [-0.15, -0.1) is 0 Å². The van der Waals surface area contributed by atoms with Gasteiger partial charge in [0, 0.05) is 30.1 Å². The number of rotatable bonds is 6. The van der Waals surface area contributed by atoms with Crippen LogP contribution in [0.5, 0.6) is 5.75 Å². The summed E-state index contributed by atoms with van der Waals surface area (Å²) >= 11 is 0. The van der Waals surface area contributed by atoms with Crippen LogP contribution in [0, 0.1) is 11.7 Å². The highest BCUT2D eigenvalue weighted by atomic mass is 19.3. The van der Waals surface area contributed by atoms with E-state index in [4.69, 9.17) is 5.11 Å². The van der Waals surface area contributed by atoms with Gasteiger partial charge >= 0.3 is 12.6 Å². The number of aromatic nitrogens is 1. The highest BCUT2D eigenvalue weighted by Gasteiger charge is 2.24. The molecule has 0 saturated heterocycles. The summed E-state index contributed by atoms with van der Waals surface area (Å²) in [5.74, 6) is -2.64. The Labute approximate surface area is 158 Å². The summed E-state index contributed by atoms with van der Waals surface area (Å²) in [6.07, 6.45) is 4.26. The maximum Gasteiger partial charge on any atom is 0.387 e. The van der Waals surface area contributed by atoms with Crippen molar-refractivity contribution < 1.29 is 32.6 Å². The number of halogens is 3. The Balaban J connectivity index is 1.66. The fourth-order valence-electron chi connectivity index (χ4n) is 3.47. The second-order valence-electron chi connectivity index (χ2n) is 6.87. The summed E-state index contributed by atoms with van der Waals surface area (Å²) in [4.78, 5) is 27.2. The van der Waals surface area contributed by atoms with Crippen molar-refractivity contribution in [2.24, 2.45) is 5.92 Å². The molecule has 3 rings (SSSR count). The number of carboxylic acid groups (broad SMARTS) is 1. The first-order valence-electron chi connectivity index (χ1n) is 8.88. The molecule has 1 saturated carbocycles. The summed E-state index contributed by atoms with van der Waals surface area (Å²) in [5.41, 5.74) is 0.449. The Kier molecular flexibility index (Phi) is 6.01. The van der Waals surface area contributed by atoms with Crippen molar-refractivity contribution in [2.75, 3.05) is 0 Å². The van der Waals surface area contributed by atoms with Gasteiger partial charge in [-0.05, 0) is 43.7 Å². The van der Waals surface area contributed by atoms with E-state index in [1.54, 1.807) is 0 Å². The van der Waals surface area contributed by atoms with Gasteiger partial charge in [0.25, 0.3) is 5.91 Å². The molecule has 1 aromatic carbocycles. The third-order valence-electron chi connectivity index (χ3n) is 4.86. The lowest BCUT2D eigenvalue weighted by molar-refractivity contribution is -0.138. The van der Waals surface area contributed by atoms with E-state index in [9.17, 15) is 22.8 Å². The minimum Gasteiger partial charge on any atom is -0.481 e. The molecule has 28 heavy (non-hydrogen) atoms. The van der Waals surface area contributed by atoms with Crippen LogP contribution in [-0.4, -0.2) is 34.6 Å². The van der Waals surface area contributed by atoms with Gasteiger partial charge in [0.15, 0.2) is 11.6 Å². The Morgan fingerprint density at radius 3 is 2.57 bits per heavy atom. The van der Waals surface area contributed by atoms with Crippen LogP contribution in [0.4, 0.5) is 13.2 Å². The Morgan fingerprint density at radius 2 is 1.93 bits per heavy atom. The molecule has 2 N–H and O–H groups in total. The molecule has 0 radical (unpaired) electrons. The van der Waals surface area contributed by atoms with E-state index in [2.05, 4.69) is 15.0 Å². The number of fused-ring (bicyclic) bond motifs is 1. The molecule has 0 aliphatic heterocycles. The fourth-order valence-corrected chi connectivity index (χ4v) is 3.47. The molecule has 150 valence electrons. The van der Waals surface area contributed by atoms with Crippen LogP contribution in [0.2, 0.25) is 0 Å². The van der Waals surface area contributed by atoms with Crippen LogP contribution < -0.4 is 10.1 Å². The summed E-state index contributed by atoms with van der Waals surface area (Å²) in [6.45, 7) is -3.15. The molecular weight excluding hydrogens is 377 g/mol. The second-order valence-corrected chi connectivity index (χ2v) is 6.87. The number of nitrogens with zero attached hydrogens (tertiary/aromatic N) is 1. The largest absolute Gasteiger partial charge is 0.481 e. The molecule has 0 unspecified atom stereocenters. The number of amides is 1. The number of aliphatic carboxylic acids is 1. The number of hydrogen-bond acceptors (Lipinski definition) is 4. The zero-order chi connectivity index (χ0) is 20.3. The minimum absolute atomic E-state index is 0.0632. The van der Waals surface area contributed by atoms with E-state index in [0.717, 1.165) is 25.0 Å². The number of ether oxygens (including phenoxy) is 1. The van der Waals surface area contributed by atoms with Crippen LogP contribution >= 0.6 is 0 Å². The van der Waals surface area contributed by atoms with Crippen LogP contribution in [0.3, 0.4) is 0 Å². The molecule has 6 nitrogen and oxygen atoms in total. The first-order chi connectivity index (χ1) is 13.3. The lowest BCUT2D eigenvalue weighted by Crippen LogP contribution is -2.37. The van der Waals surface area contributed by atoms with Gasteiger partial charge in [0.2, 0.25) is 0 Å². The Hall–Kier alpha value is -2.84. The van der Waals surface area contributed by atoms with Gasteiger partial charge in [0.05, 0.1) is 11.1 Å². The normalized spacial score (nSPS) is 19.6. The number of carboxylic acids is 1. The molecule has 1 fully saturated rings. The van der Waals surface area contributed by atoms with Crippen molar-refractivity contribution >= 4 is 22.8 Å².